The highest BCUT2D eigenvalue weighted by Gasteiger charge is 2.14. The molecule has 3 heteroatoms. The normalized spacial score (nSPS) is 11.3. The molecule has 0 fully saturated rings. The lowest BCUT2D eigenvalue weighted by atomic mass is 10.0. The largest absolute Gasteiger partial charge is 0.872 e. The third kappa shape index (κ3) is 16.3. The van der Waals surface area contributed by atoms with Crippen LogP contribution in [0.3, 0.4) is 0 Å². The Bertz CT molecular complexity index is 780. The first kappa shape index (κ1) is 32.5. The van der Waals surface area contributed by atoms with Gasteiger partial charge < -0.3 is 9.59 Å². The van der Waals surface area contributed by atoms with Crippen LogP contribution in [0.2, 0.25) is 5.02 Å². The van der Waals surface area contributed by atoms with Crippen LogP contribution in [0.5, 0.6) is 5.75 Å². The van der Waals surface area contributed by atoms with Gasteiger partial charge in [-0.1, -0.05) is 138 Å². The number of halogens is 1. The topological polar surface area (TPSA) is 23.1 Å². The van der Waals surface area contributed by atoms with E-state index < -0.39 is 0 Å². The van der Waals surface area contributed by atoms with E-state index in [1.807, 2.05) is 13.8 Å². The lowest BCUT2D eigenvalue weighted by Gasteiger charge is -2.30. The molecule has 0 aliphatic heterocycles. The molecule has 0 atom stereocenters. The summed E-state index contributed by atoms with van der Waals surface area (Å²) in [6, 6.07) is 14.0. The van der Waals surface area contributed by atoms with Crippen LogP contribution in [-0.2, 0) is 6.54 Å². The van der Waals surface area contributed by atoms with Crippen LogP contribution in [0.15, 0.2) is 42.5 Å². The lowest BCUT2D eigenvalue weighted by Crippen LogP contribution is -2.39. The number of benzene rings is 2. The minimum absolute atomic E-state index is 0.0272. The van der Waals surface area contributed by atoms with Crippen molar-refractivity contribution in [1.82, 2.24) is 0 Å². The highest BCUT2D eigenvalue weighted by molar-refractivity contribution is 6.32. The smallest absolute Gasteiger partial charge is 0.104 e. The second-order valence-corrected chi connectivity index (χ2v) is 11.6. The molecule has 0 aliphatic rings. The first-order valence-electron chi connectivity index (χ1n) is 14.5. The Labute approximate surface area is 228 Å². The van der Waals surface area contributed by atoms with E-state index in [9.17, 15) is 5.11 Å². The maximum Gasteiger partial charge on any atom is 0.104 e. The third-order valence-corrected chi connectivity index (χ3v) is 7.58. The number of hydrogen-bond acceptors (Lipinski definition) is 1. The molecule has 0 aromatic heterocycles. The number of hydrogen-bond donors (Lipinski definition) is 0. The fraction of sp³-hybridized carbons (Fsp3) is 0.636. The monoisotopic (exact) mass is 515 g/mol. The van der Waals surface area contributed by atoms with E-state index in [0.717, 1.165) is 22.2 Å². The molecule has 2 nitrogen and oxygen atoms in total. The van der Waals surface area contributed by atoms with E-state index in [-0.39, 0.29) is 5.75 Å². The van der Waals surface area contributed by atoms with Crippen LogP contribution in [0, 0.1) is 13.8 Å². The summed E-state index contributed by atoms with van der Waals surface area (Å²) in [5.74, 6) is 0.0272. The van der Waals surface area contributed by atoms with Gasteiger partial charge >= 0.3 is 0 Å². The zero-order valence-corrected chi connectivity index (χ0v) is 24.8. The molecular weight excluding hydrogens is 462 g/mol. The Morgan fingerprint density at radius 1 is 0.667 bits per heavy atom. The van der Waals surface area contributed by atoms with E-state index in [1.165, 1.54) is 114 Å². The summed E-state index contributed by atoms with van der Waals surface area (Å²) in [5, 5.41) is 11.5. The number of aryl methyl sites for hydroxylation is 2. The van der Waals surface area contributed by atoms with Crippen LogP contribution in [0.4, 0.5) is 0 Å². The Kier molecular flexibility index (Phi) is 17.7. The van der Waals surface area contributed by atoms with Gasteiger partial charge in [-0.25, -0.2) is 0 Å². The molecule has 0 saturated heterocycles. The fourth-order valence-electron chi connectivity index (χ4n) is 4.80. The SMILES string of the molecule is CCCCCCCCCCCCCCCC[N+](C)(C)Cc1ccccc1.Cc1cc([O-])cc(C)c1Cl. The van der Waals surface area contributed by atoms with Crippen molar-refractivity contribution in [2.45, 2.75) is 117 Å². The number of unbranched alkanes of at least 4 members (excludes halogenated alkanes) is 13. The van der Waals surface area contributed by atoms with Crippen molar-refractivity contribution in [2.24, 2.45) is 0 Å². The molecule has 36 heavy (non-hydrogen) atoms. The van der Waals surface area contributed by atoms with Crippen molar-refractivity contribution in [3.8, 4) is 5.75 Å². The van der Waals surface area contributed by atoms with E-state index in [0.29, 0.717) is 5.02 Å². The van der Waals surface area contributed by atoms with Crippen LogP contribution >= 0.6 is 11.6 Å². The molecule has 0 bridgehead atoms. The zero-order chi connectivity index (χ0) is 26.7. The number of quaternary nitrogens is 1. The van der Waals surface area contributed by atoms with E-state index in [1.54, 1.807) is 0 Å². The molecule has 204 valence electrons. The first-order valence-corrected chi connectivity index (χ1v) is 14.9. The van der Waals surface area contributed by atoms with Gasteiger partial charge in [0.05, 0.1) is 20.6 Å². The maximum atomic E-state index is 10.8. The summed E-state index contributed by atoms with van der Waals surface area (Å²) in [5.41, 5.74) is 3.17. The van der Waals surface area contributed by atoms with Crippen molar-refractivity contribution < 1.29 is 9.59 Å². The quantitative estimate of drug-likeness (QED) is 0.152. The molecule has 0 unspecified atom stereocenters. The van der Waals surface area contributed by atoms with Crippen LogP contribution in [0.1, 0.15) is 114 Å². The minimum Gasteiger partial charge on any atom is -0.872 e. The molecule has 0 heterocycles. The fourth-order valence-corrected chi connectivity index (χ4v) is 4.91. The predicted molar refractivity (Wildman–Crippen MR) is 158 cm³/mol. The highest BCUT2D eigenvalue weighted by atomic mass is 35.5. The average Bonchev–Trinajstić information content (AvgIpc) is 2.83. The minimum atomic E-state index is 0.0272. The Balaban J connectivity index is 0.000000537. The van der Waals surface area contributed by atoms with Crippen molar-refractivity contribution in [1.29, 1.82) is 0 Å². The van der Waals surface area contributed by atoms with Gasteiger partial charge in [-0.05, 0) is 37.8 Å². The summed E-state index contributed by atoms with van der Waals surface area (Å²) >= 11 is 5.81. The van der Waals surface area contributed by atoms with Crippen molar-refractivity contribution in [3.05, 3.63) is 64.2 Å². The van der Waals surface area contributed by atoms with Gasteiger partial charge in [-0.15, -0.1) is 5.75 Å². The maximum absolute atomic E-state index is 10.8. The molecule has 0 saturated carbocycles. The summed E-state index contributed by atoms with van der Waals surface area (Å²) in [4.78, 5) is 0. The summed E-state index contributed by atoms with van der Waals surface area (Å²) in [6.45, 7) is 8.41. The number of rotatable bonds is 17. The molecule has 0 N–H and O–H groups in total. The predicted octanol–water partition coefficient (Wildman–Crippen LogP) is 9.77. The van der Waals surface area contributed by atoms with Crippen molar-refractivity contribution >= 4 is 11.6 Å². The van der Waals surface area contributed by atoms with Crippen molar-refractivity contribution in [3.63, 3.8) is 0 Å². The van der Waals surface area contributed by atoms with Gasteiger partial charge in [-0.2, -0.15) is 0 Å². The second-order valence-electron chi connectivity index (χ2n) is 11.3. The Hall–Kier alpha value is -1.51. The second kappa shape index (κ2) is 19.6. The van der Waals surface area contributed by atoms with Gasteiger partial charge in [0.1, 0.15) is 6.54 Å². The average molecular weight is 516 g/mol. The van der Waals surface area contributed by atoms with E-state index in [4.69, 9.17) is 11.6 Å². The molecule has 0 spiro atoms. The molecule has 0 amide bonds. The summed E-state index contributed by atoms with van der Waals surface area (Å²) in [6.07, 6.45) is 20.2. The Morgan fingerprint density at radius 3 is 1.53 bits per heavy atom. The molecule has 0 radical (unpaired) electrons. The third-order valence-electron chi connectivity index (χ3n) is 6.98. The van der Waals surface area contributed by atoms with Crippen LogP contribution in [-0.4, -0.2) is 25.1 Å². The lowest BCUT2D eigenvalue weighted by molar-refractivity contribution is -0.903. The van der Waals surface area contributed by atoms with Gasteiger partial charge in [0.25, 0.3) is 0 Å². The van der Waals surface area contributed by atoms with Gasteiger partial charge in [-0.3, -0.25) is 0 Å². The van der Waals surface area contributed by atoms with E-state index in [2.05, 4.69) is 51.4 Å². The van der Waals surface area contributed by atoms with E-state index >= 15 is 0 Å². The van der Waals surface area contributed by atoms with Crippen molar-refractivity contribution in [2.75, 3.05) is 20.6 Å². The standard InChI is InChI=1S/C25H46N.C8H9ClO/c1-4-5-6-7-8-9-10-11-12-13-14-15-16-20-23-26(2,3)24-25-21-18-17-19-22-25;1-5-3-7(10)4-6(2)8(5)9/h17-19,21-22H,4-16,20,23-24H2,1-3H3;3-4,10H,1-2H3/q+1;/p-1. The molecule has 2 rings (SSSR count). The summed E-state index contributed by atoms with van der Waals surface area (Å²) in [7, 11) is 4.74. The number of nitrogens with zero attached hydrogens (tertiary/aromatic N) is 1. The van der Waals surface area contributed by atoms with Gasteiger partial charge in [0, 0.05) is 10.6 Å². The Morgan fingerprint density at radius 2 is 1.08 bits per heavy atom. The first-order chi connectivity index (χ1) is 17.2. The molecule has 0 aliphatic carbocycles. The van der Waals surface area contributed by atoms with Gasteiger partial charge in [0.15, 0.2) is 0 Å². The van der Waals surface area contributed by atoms with Crippen LogP contribution in [0.25, 0.3) is 0 Å². The molecule has 2 aromatic rings. The zero-order valence-electron chi connectivity index (χ0n) is 24.1. The molecule has 2 aromatic carbocycles. The van der Waals surface area contributed by atoms with Crippen LogP contribution < -0.4 is 5.11 Å². The van der Waals surface area contributed by atoms with Gasteiger partial charge in [0.2, 0.25) is 0 Å². The highest BCUT2D eigenvalue weighted by Crippen LogP contribution is 2.23. The molecular formula is C33H54ClNO. The summed E-state index contributed by atoms with van der Waals surface area (Å²) < 4.78 is 1.11.